The first-order valence-corrected chi connectivity index (χ1v) is 6.53. The summed E-state index contributed by atoms with van der Waals surface area (Å²) in [4.78, 5) is 12.1. The highest BCUT2D eigenvalue weighted by Crippen LogP contribution is 2.30. The van der Waals surface area contributed by atoms with Crippen LogP contribution in [-0.4, -0.2) is 31.7 Å². The summed E-state index contributed by atoms with van der Waals surface area (Å²) in [6.45, 7) is 1.94. The van der Waals surface area contributed by atoms with Gasteiger partial charge >= 0.3 is 0 Å². The van der Waals surface area contributed by atoms with E-state index in [9.17, 15) is 4.79 Å². The van der Waals surface area contributed by atoms with E-state index in [0.717, 1.165) is 36.2 Å². The number of benzene rings is 1. The molecule has 0 saturated heterocycles. The van der Waals surface area contributed by atoms with Gasteiger partial charge in [-0.1, -0.05) is 0 Å². The third-order valence-electron chi connectivity index (χ3n) is 3.75. The lowest BCUT2D eigenvalue weighted by molar-refractivity contribution is -0.123. The molecule has 0 spiro atoms. The number of hydrogen-bond donors (Lipinski definition) is 2. The minimum Gasteiger partial charge on any atom is -0.324 e. The summed E-state index contributed by atoms with van der Waals surface area (Å²) in [5.41, 5.74) is 7.88. The zero-order valence-electron chi connectivity index (χ0n) is 11.2. The van der Waals surface area contributed by atoms with Gasteiger partial charge in [0.1, 0.15) is 6.33 Å². The fourth-order valence-electron chi connectivity index (χ4n) is 2.30. The molecule has 1 heterocycles. The molecule has 1 aliphatic carbocycles. The minimum atomic E-state index is -0.692. The molecule has 104 valence electrons. The van der Waals surface area contributed by atoms with Crippen LogP contribution >= 0.6 is 0 Å². The predicted octanol–water partition coefficient (Wildman–Crippen LogP) is 0.791. The molecule has 3 N–H and O–H groups in total. The number of nitrogens with zero attached hydrogens (tertiary/aromatic N) is 4. The van der Waals surface area contributed by atoms with Gasteiger partial charge in [0, 0.05) is 5.69 Å². The maximum atomic E-state index is 12.1. The lowest BCUT2D eigenvalue weighted by atomic mass is 9.77. The number of aryl methyl sites for hydroxylation is 1. The van der Waals surface area contributed by atoms with Crippen LogP contribution < -0.4 is 11.1 Å². The second-order valence-corrected chi connectivity index (χ2v) is 5.22. The number of hydrogen-bond acceptors (Lipinski definition) is 5. The topological polar surface area (TPSA) is 98.7 Å². The predicted molar refractivity (Wildman–Crippen MR) is 73.3 cm³/mol. The highest BCUT2D eigenvalue weighted by atomic mass is 16.2. The van der Waals surface area contributed by atoms with Crippen molar-refractivity contribution in [3.63, 3.8) is 0 Å². The number of tetrazole rings is 1. The SMILES string of the molecule is Cc1cc(NC(=O)C2(N)CCC2)ccc1-n1cnnn1. The number of anilines is 1. The van der Waals surface area contributed by atoms with Gasteiger partial charge in [0.15, 0.2) is 0 Å². The van der Waals surface area contributed by atoms with Gasteiger partial charge in [0.2, 0.25) is 5.91 Å². The summed E-state index contributed by atoms with van der Waals surface area (Å²) in [7, 11) is 0. The summed E-state index contributed by atoms with van der Waals surface area (Å²) >= 11 is 0. The quantitative estimate of drug-likeness (QED) is 0.860. The number of amides is 1. The van der Waals surface area contributed by atoms with Crippen LogP contribution in [0.15, 0.2) is 24.5 Å². The highest BCUT2D eigenvalue weighted by Gasteiger charge is 2.40. The Bertz CT molecular complexity index is 632. The highest BCUT2D eigenvalue weighted by molar-refractivity contribution is 5.98. The van der Waals surface area contributed by atoms with Crippen molar-refractivity contribution in [2.75, 3.05) is 5.32 Å². The lowest BCUT2D eigenvalue weighted by Crippen LogP contribution is -2.56. The molecular formula is C13H16N6O. The van der Waals surface area contributed by atoms with Gasteiger partial charge in [-0.05, 0) is 60.4 Å². The molecule has 0 radical (unpaired) electrons. The molecule has 0 atom stereocenters. The number of nitrogens with two attached hydrogens (primary N) is 1. The zero-order valence-corrected chi connectivity index (χ0v) is 11.2. The molecule has 20 heavy (non-hydrogen) atoms. The van der Waals surface area contributed by atoms with E-state index in [1.54, 1.807) is 4.68 Å². The van der Waals surface area contributed by atoms with Gasteiger partial charge in [-0.3, -0.25) is 4.79 Å². The van der Waals surface area contributed by atoms with E-state index in [-0.39, 0.29) is 5.91 Å². The lowest BCUT2D eigenvalue weighted by Gasteiger charge is -2.36. The van der Waals surface area contributed by atoms with Crippen LogP contribution in [-0.2, 0) is 4.79 Å². The van der Waals surface area contributed by atoms with Gasteiger partial charge in [-0.2, -0.15) is 0 Å². The molecule has 1 aromatic heterocycles. The van der Waals surface area contributed by atoms with E-state index < -0.39 is 5.54 Å². The molecule has 1 saturated carbocycles. The van der Waals surface area contributed by atoms with Gasteiger partial charge < -0.3 is 11.1 Å². The first-order valence-electron chi connectivity index (χ1n) is 6.53. The molecule has 3 rings (SSSR count). The van der Waals surface area contributed by atoms with Gasteiger partial charge in [-0.15, -0.1) is 5.10 Å². The summed E-state index contributed by atoms with van der Waals surface area (Å²) < 4.78 is 1.58. The number of aromatic nitrogens is 4. The maximum Gasteiger partial charge on any atom is 0.244 e. The van der Waals surface area contributed by atoms with Crippen LogP contribution in [0.25, 0.3) is 5.69 Å². The summed E-state index contributed by atoms with van der Waals surface area (Å²) in [6.07, 6.45) is 4.05. The third kappa shape index (κ3) is 2.16. The Morgan fingerprint density at radius 2 is 2.25 bits per heavy atom. The molecule has 7 heteroatoms. The van der Waals surface area contributed by atoms with Gasteiger partial charge in [0.25, 0.3) is 0 Å². The largest absolute Gasteiger partial charge is 0.324 e. The van der Waals surface area contributed by atoms with Crippen molar-refractivity contribution in [2.45, 2.75) is 31.7 Å². The van der Waals surface area contributed by atoms with Crippen molar-refractivity contribution < 1.29 is 4.79 Å². The minimum absolute atomic E-state index is 0.113. The average Bonchev–Trinajstić information content (AvgIpc) is 2.89. The van der Waals surface area contributed by atoms with E-state index in [2.05, 4.69) is 20.8 Å². The Morgan fingerprint density at radius 3 is 2.80 bits per heavy atom. The van der Waals surface area contributed by atoms with Crippen LogP contribution in [0.3, 0.4) is 0 Å². The molecule has 1 aromatic carbocycles. The summed E-state index contributed by atoms with van der Waals surface area (Å²) in [5.74, 6) is -0.113. The number of carbonyl (C=O) groups is 1. The molecule has 0 unspecified atom stereocenters. The second kappa shape index (κ2) is 4.68. The van der Waals surface area contributed by atoms with E-state index in [0.29, 0.717) is 0 Å². The molecule has 0 aliphatic heterocycles. The molecule has 0 bridgehead atoms. The third-order valence-corrected chi connectivity index (χ3v) is 3.75. The van der Waals surface area contributed by atoms with E-state index in [1.807, 2.05) is 25.1 Å². The van der Waals surface area contributed by atoms with Crippen molar-refractivity contribution in [1.82, 2.24) is 20.2 Å². The molecule has 7 nitrogen and oxygen atoms in total. The van der Waals surface area contributed by atoms with Crippen molar-refractivity contribution in [3.8, 4) is 5.69 Å². The number of carbonyl (C=O) groups excluding carboxylic acids is 1. The Kier molecular flexibility index (Phi) is 2.98. The molecule has 2 aromatic rings. The monoisotopic (exact) mass is 272 g/mol. The Balaban J connectivity index is 1.79. The van der Waals surface area contributed by atoms with Crippen molar-refractivity contribution in [3.05, 3.63) is 30.1 Å². The van der Waals surface area contributed by atoms with Gasteiger partial charge in [0.05, 0.1) is 11.2 Å². The fourth-order valence-corrected chi connectivity index (χ4v) is 2.30. The second-order valence-electron chi connectivity index (χ2n) is 5.22. The first kappa shape index (κ1) is 12.7. The van der Waals surface area contributed by atoms with E-state index >= 15 is 0 Å². The molecule has 1 amide bonds. The van der Waals surface area contributed by atoms with Crippen LogP contribution in [0.2, 0.25) is 0 Å². The Morgan fingerprint density at radius 1 is 1.45 bits per heavy atom. The summed E-state index contributed by atoms with van der Waals surface area (Å²) in [5, 5.41) is 13.9. The smallest absolute Gasteiger partial charge is 0.244 e. The van der Waals surface area contributed by atoms with Crippen molar-refractivity contribution in [2.24, 2.45) is 5.73 Å². The van der Waals surface area contributed by atoms with Crippen molar-refractivity contribution in [1.29, 1.82) is 0 Å². The van der Waals surface area contributed by atoms with Crippen LogP contribution in [0, 0.1) is 6.92 Å². The summed E-state index contributed by atoms with van der Waals surface area (Å²) in [6, 6.07) is 5.58. The molecule has 1 aliphatic rings. The molecule has 1 fully saturated rings. The van der Waals surface area contributed by atoms with Crippen LogP contribution in [0.4, 0.5) is 5.69 Å². The fraction of sp³-hybridized carbons (Fsp3) is 0.385. The number of nitrogens with one attached hydrogen (secondary N) is 1. The first-order chi connectivity index (χ1) is 9.58. The normalized spacial score (nSPS) is 16.5. The van der Waals surface area contributed by atoms with Gasteiger partial charge in [-0.25, -0.2) is 4.68 Å². The van der Waals surface area contributed by atoms with E-state index in [4.69, 9.17) is 5.73 Å². The average molecular weight is 272 g/mol. The Labute approximate surface area is 116 Å². The standard InChI is InChI=1S/C13H16N6O/c1-9-7-10(16-12(20)13(14)5-2-6-13)3-4-11(9)19-8-15-17-18-19/h3-4,7-8H,2,5-6,14H2,1H3,(H,16,20). The van der Waals surface area contributed by atoms with Crippen LogP contribution in [0.1, 0.15) is 24.8 Å². The maximum absolute atomic E-state index is 12.1. The zero-order chi connectivity index (χ0) is 14.2. The van der Waals surface area contributed by atoms with Crippen molar-refractivity contribution >= 4 is 11.6 Å². The Hall–Kier alpha value is -2.28. The number of rotatable bonds is 3. The molecular weight excluding hydrogens is 256 g/mol. The van der Waals surface area contributed by atoms with E-state index in [1.165, 1.54) is 6.33 Å². The van der Waals surface area contributed by atoms with Crippen LogP contribution in [0.5, 0.6) is 0 Å².